The first-order chi connectivity index (χ1) is 12.4. The maximum absolute atomic E-state index is 13.8. The summed E-state index contributed by atoms with van der Waals surface area (Å²) in [5, 5.41) is 4.90. The van der Waals surface area contributed by atoms with Gasteiger partial charge in [-0.25, -0.2) is 4.39 Å². The standard InChI is InChI=1S/C19H19FN2O4/c1-3-18(24)13-4-7-15(8-5-13)26-11-19(25)22-17-10-14(21-12(2)23)6-9-16(17)20/h4-10H,3,11H2,1-2H3,(H,21,23)(H,22,25). The van der Waals surface area contributed by atoms with E-state index in [2.05, 4.69) is 10.6 Å². The molecule has 0 aliphatic rings. The van der Waals surface area contributed by atoms with E-state index in [0.29, 0.717) is 23.4 Å². The SMILES string of the molecule is CCC(=O)c1ccc(OCC(=O)Nc2cc(NC(C)=O)ccc2F)cc1. The van der Waals surface area contributed by atoms with Gasteiger partial charge in [0, 0.05) is 24.6 Å². The van der Waals surface area contributed by atoms with Crippen LogP contribution in [-0.2, 0) is 9.59 Å². The number of rotatable bonds is 7. The minimum Gasteiger partial charge on any atom is -0.484 e. The van der Waals surface area contributed by atoms with E-state index in [1.54, 1.807) is 31.2 Å². The predicted molar refractivity (Wildman–Crippen MR) is 95.9 cm³/mol. The van der Waals surface area contributed by atoms with E-state index < -0.39 is 11.7 Å². The molecule has 2 rings (SSSR count). The van der Waals surface area contributed by atoms with E-state index in [1.807, 2.05) is 0 Å². The number of nitrogens with one attached hydrogen (secondary N) is 2. The number of ether oxygens (including phenoxy) is 1. The number of hydrogen-bond donors (Lipinski definition) is 2. The topological polar surface area (TPSA) is 84.5 Å². The Morgan fingerprint density at radius 3 is 2.35 bits per heavy atom. The second-order valence-corrected chi connectivity index (χ2v) is 5.51. The average Bonchev–Trinajstić information content (AvgIpc) is 2.62. The van der Waals surface area contributed by atoms with Crippen molar-refractivity contribution >= 4 is 29.0 Å². The van der Waals surface area contributed by atoms with Crippen molar-refractivity contribution in [2.75, 3.05) is 17.2 Å². The van der Waals surface area contributed by atoms with Crippen molar-refractivity contribution in [3.63, 3.8) is 0 Å². The first-order valence-electron chi connectivity index (χ1n) is 8.02. The van der Waals surface area contributed by atoms with E-state index in [1.165, 1.54) is 19.1 Å². The number of ketones is 1. The highest BCUT2D eigenvalue weighted by atomic mass is 19.1. The van der Waals surface area contributed by atoms with Gasteiger partial charge in [-0.2, -0.15) is 0 Å². The van der Waals surface area contributed by atoms with Crippen molar-refractivity contribution in [2.45, 2.75) is 20.3 Å². The van der Waals surface area contributed by atoms with Crippen LogP contribution >= 0.6 is 0 Å². The molecule has 136 valence electrons. The smallest absolute Gasteiger partial charge is 0.262 e. The van der Waals surface area contributed by atoms with Gasteiger partial charge in [0.15, 0.2) is 12.4 Å². The molecule has 0 bridgehead atoms. The first-order valence-corrected chi connectivity index (χ1v) is 8.02. The summed E-state index contributed by atoms with van der Waals surface area (Å²) >= 11 is 0. The van der Waals surface area contributed by atoms with Crippen LogP contribution in [0, 0.1) is 5.82 Å². The molecular weight excluding hydrogens is 339 g/mol. The quantitative estimate of drug-likeness (QED) is 0.743. The van der Waals surface area contributed by atoms with Crippen molar-refractivity contribution < 1.29 is 23.5 Å². The molecule has 2 N–H and O–H groups in total. The summed E-state index contributed by atoms with van der Waals surface area (Å²) < 4.78 is 19.1. The zero-order valence-corrected chi connectivity index (χ0v) is 14.5. The molecule has 0 aromatic heterocycles. The predicted octanol–water partition coefficient (Wildman–Crippen LogP) is 3.39. The number of halogens is 1. The van der Waals surface area contributed by atoms with Crippen LogP contribution in [0.5, 0.6) is 5.75 Å². The fourth-order valence-electron chi connectivity index (χ4n) is 2.18. The van der Waals surface area contributed by atoms with Crippen LogP contribution in [0.1, 0.15) is 30.6 Å². The molecule has 0 atom stereocenters. The number of carbonyl (C=O) groups excluding carboxylic acids is 3. The highest BCUT2D eigenvalue weighted by Gasteiger charge is 2.10. The van der Waals surface area contributed by atoms with Gasteiger partial charge in [0.05, 0.1) is 5.69 Å². The number of anilines is 2. The van der Waals surface area contributed by atoms with E-state index in [9.17, 15) is 18.8 Å². The molecular formula is C19H19FN2O4. The first kappa shape index (κ1) is 19.1. The number of amides is 2. The van der Waals surface area contributed by atoms with Gasteiger partial charge in [-0.15, -0.1) is 0 Å². The minimum atomic E-state index is -0.630. The van der Waals surface area contributed by atoms with Gasteiger partial charge in [0.2, 0.25) is 5.91 Å². The zero-order valence-electron chi connectivity index (χ0n) is 14.5. The Morgan fingerprint density at radius 2 is 1.73 bits per heavy atom. The molecule has 0 radical (unpaired) electrons. The molecule has 0 unspecified atom stereocenters. The Labute approximate surface area is 150 Å². The van der Waals surface area contributed by atoms with E-state index >= 15 is 0 Å². The number of Topliss-reactive ketones (excluding diaryl/α,β-unsaturated/α-hetero) is 1. The Hall–Kier alpha value is -3.22. The molecule has 2 amide bonds. The molecule has 0 fully saturated rings. The minimum absolute atomic E-state index is 0.0174. The lowest BCUT2D eigenvalue weighted by Gasteiger charge is -2.10. The maximum Gasteiger partial charge on any atom is 0.262 e. The summed E-state index contributed by atoms with van der Waals surface area (Å²) in [6.07, 6.45) is 0.408. The molecule has 7 heteroatoms. The highest BCUT2D eigenvalue weighted by Crippen LogP contribution is 2.20. The number of benzene rings is 2. The molecule has 2 aromatic rings. The zero-order chi connectivity index (χ0) is 19.1. The summed E-state index contributed by atoms with van der Waals surface area (Å²) in [6, 6.07) is 10.3. The van der Waals surface area contributed by atoms with Crippen molar-refractivity contribution in [3.05, 3.63) is 53.8 Å². The third kappa shape index (κ3) is 5.41. The summed E-state index contributed by atoms with van der Waals surface area (Å²) in [4.78, 5) is 34.5. The van der Waals surface area contributed by atoms with Crippen LogP contribution in [0.4, 0.5) is 15.8 Å². The highest BCUT2D eigenvalue weighted by molar-refractivity contribution is 5.96. The molecule has 6 nitrogen and oxygen atoms in total. The fraction of sp³-hybridized carbons (Fsp3) is 0.211. The van der Waals surface area contributed by atoms with Gasteiger partial charge in [-0.3, -0.25) is 14.4 Å². The lowest BCUT2D eigenvalue weighted by Crippen LogP contribution is -2.21. The molecule has 0 aliphatic carbocycles. The largest absolute Gasteiger partial charge is 0.484 e. The lowest BCUT2D eigenvalue weighted by atomic mass is 10.1. The lowest BCUT2D eigenvalue weighted by molar-refractivity contribution is -0.118. The Morgan fingerprint density at radius 1 is 1.04 bits per heavy atom. The molecule has 0 saturated carbocycles. The van der Waals surface area contributed by atoms with Crippen molar-refractivity contribution in [2.24, 2.45) is 0 Å². The van der Waals surface area contributed by atoms with Crippen LogP contribution in [0.3, 0.4) is 0 Å². The molecule has 0 aliphatic heterocycles. The van der Waals surface area contributed by atoms with Gasteiger partial charge >= 0.3 is 0 Å². The molecule has 0 saturated heterocycles. The normalized spacial score (nSPS) is 10.1. The van der Waals surface area contributed by atoms with Crippen LogP contribution in [-0.4, -0.2) is 24.2 Å². The van der Waals surface area contributed by atoms with Crippen LogP contribution in [0.15, 0.2) is 42.5 Å². The summed E-state index contributed by atoms with van der Waals surface area (Å²) in [6.45, 7) is 2.77. The summed E-state index contributed by atoms with van der Waals surface area (Å²) in [5.74, 6) is -1.06. The van der Waals surface area contributed by atoms with Crippen molar-refractivity contribution in [3.8, 4) is 5.75 Å². The Bertz CT molecular complexity index is 819. The van der Waals surface area contributed by atoms with Gasteiger partial charge in [-0.1, -0.05) is 6.92 Å². The second-order valence-electron chi connectivity index (χ2n) is 5.51. The monoisotopic (exact) mass is 358 g/mol. The van der Waals surface area contributed by atoms with E-state index in [4.69, 9.17) is 4.74 Å². The number of hydrogen-bond acceptors (Lipinski definition) is 4. The molecule has 2 aromatic carbocycles. The Kier molecular flexibility index (Phi) is 6.43. The second kappa shape index (κ2) is 8.75. The van der Waals surface area contributed by atoms with Gasteiger partial charge < -0.3 is 15.4 Å². The molecule has 0 spiro atoms. The van der Waals surface area contributed by atoms with Crippen LogP contribution in [0.25, 0.3) is 0 Å². The average molecular weight is 358 g/mol. The fourth-order valence-corrected chi connectivity index (χ4v) is 2.18. The van der Waals surface area contributed by atoms with Crippen LogP contribution < -0.4 is 15.4 Å². The van der Waals surface area contributed by atoms with E-state index in [0.717, 1.165) is 6.07 Å². The van der Waals surface area contributed by atoms with Crippen molar-refractivity contribution in [1.82, 2.24) is 0 Å². The summed E-state index contributed by atoms with van der Waals surface area (Å²) in [7, 11) is 0. The Balaban J connectivity index is 1.94. The third-order valence-corrected chi connectivity index (χ3v) is 3.43. The van der Waals surface area contributed by atoms with Crippen molar-refractivity contribution in [1.29, 1.82) is 0 Å². The van der Waals surface area contributed by atoms with Crippen LogP contribution in [0.2, 0.25) is 0 Å². The van der Waals surface area contributed by atoms with Gasteiger partial charge in [0.1, 0.15) is 11.6 Å². The van der Waals surface area contributed by atoms with E-state index in [-0.39, 0.29) is 24.0 Å². The van der Waals surface area contributed by atoms with Gasteiger partial charge in [-0.05, 0) is 42.5 Å². The molecule has 26 heavy (non-hydrogen) atoms. The molecule has 0 heterocycles. The third-order valence-electron chi connectivity index (χ3n) is 3.43. The number of carbonyl (C=O) groups is 3. The summed E-state index contributed by atoms with van der Waals surface area (Å²) in [5.41, 5.74) is 0.876. The van der Waals surface area contributed by atoms with Gasteiger partial charge in [0.25, 0.3) is 5.91 Å². The maximum atomic E-state index is 13.8.